The summed E-state index contributed by atoms with van der Waals surface area (Å²) in [7, 11) is 3.68. The number of hydrogen-bond acceptors (Lipinski definition) is 3. The lowest BCUT2D eigenvalue weighted by atomic mass is 10.4. The second kappa shape index (κ2) is 6.74. The molecule has 0 atom stereocenters. The molecular formula is C13H21N7. The Kier molecular flexibility index (Phi) is 4.75. The predicted octanol–water partition coefficient (Wildman–Crippen LogP) is 0.290. The van der Waals surface area contributed by atoms with Gasteiger partial charge in [0.05, 0.1) is 25.0 Å². The molecule has 0 radical (unpaired) electrons. The lowest BCUT2D eigenvalue weighted by Gasteiger charge is -2.12. The third kappa shape index (κ3) is 3.84. The normalized spacial score (nSPS) is 11.7. The average Bonchev–Trinajstić information content (AvgIpc) is 3.03. The van der Waals surface area contributed by atoms with Gasteiger partial charge < -0.3 is 10.6 Å². The highest BCUT2D eigenvalue weighted by Gasteiger charge is 2.01. The van der Waals surface area contributed by atoms with Gasteiger partial charge in [0.15, 0.2) is 5.96 Å². The maximum absolute atomic E-state index is 4.24. The van der Waals surface area contributed by atoms with E-state index in [1.807, 2.05) is 41.8 Å². The number of nitrogens with one attached hydrogen (secondary N) is 2. The smallest absolute Gasteiger partial charge is 0.191 e. The third-order valence-electron chi connectivity index (χ3n) is 2.98. The Morgan fingerprint density at radius 2 is 2.20 bits per heavy atom. The summed E-state index contributed by atoms with van der Waals surface area (Å²) in [5, 5.41) is 14.9. The second-order valence-electron chi connectivity index (χ2n) is 4.58. The highest BCUT2D eigenvalue weighted by atomic mass is 15.3. The molecular weight excluding hydrogens is 254 g/mol. The SMILES string of the molecule is CN=C(NCCn1cc(C)cn1)NCc1ccnn1C. The number of rotatable bonds is 5. The molecule has 0 saturated carbocycles. The zero-order valence-corrected chi connectivity index (χ0v) is 12.2. The van der Waals surface area contributed by atoms with E-state index in [0.717, 1.165) is 24.7 Å². The number of guanidine groups is 1. The van der Waals surface area contributed by atoms with E-state index in [1.54, 1.807) is 13.2 Å². The second-order valence-corrected chi connectivity index (χ2v) is 4.58. The van der Waals surface area contributed by atoms with Crippen LogP contribution in [0.1, 0.15) is 11.3 Å². The van der Waals surface area contributed by atoms with Gasteiger partial charge in [0.1, 0.15) is 0 Å². The van der Waals surface area contributed by atoms with Crippen LogP contribution < -0.4 is 10.6 Å². The van der Waals surface area contributed by atoms with Crippen LogP contribution in [0.5, 0.6) is 0 Å². The van der Waals surface area contributed by atoms with E-state index in [-0.39, 0.29) is 0 Å². The van der Waals surface area contributed by atoms with E-state index in [4.69, 9.17) is 0 Å². The summed E-state index contributed by atoms with van der Waals surface area (Å²) in [4.78, 5) is 4.19. The molecule has 0 saturated heterocycles. The molecule has 0 aromatic carbocycles. The maximum Gasteiger partial charge on any atom is 0.191 e. The van der Waals surface area contributed by atoms with Crippen molar-refractivity contribution in [3.05, 3.63) is 35.9 Å². The van der Waals surface area contributed by atoms with Crippen LogP contribution in [-0.4, -0.2) is 39.1 Å². The molecule has 0 amide bonds. The van der Waals surface area contributed by atoms with Gasteiger partial charge in [-0.3, -0.25) is 14.4 Å². The van der Waals surface area contributed by atoms with Crippen LogP contribution in [0.2, 0.25) is 0 Å². The van der Waals surface area contributed by atoms with Gasteiger partial charge >= 0.3 is 0 Å². The summed E-state index contributed by atoms with van der Waals surface area (Å²) < 4.78 is 3.75. The van der Waals surface area contributed by atoms with Crippen molar-refractivity contribution in [3.63, 3.8) is 0 Å². The van der Waals surface area contributed by atoms with Gasteiger partial charge in [-0.2, -0.15) is 10.2 Å². The molecule has 2 aromatic rings. The fourth-order valence-corrected chi connectivity index (χ4v) is 1.85. The number of aryl methyl sites for hydroxylation is 2. The summed E-state index contributed by atoms with van der Waals surface area (Å²) in [5.74, 6) is 0.773. The summed E-state index contributed by atoms with van der Waals surface area (Å²) in [5.41, 5.74) is 2.28. The van der Waals surface area contributed by atoms with Crippen molar-refractivity contribution in [2.75, 3.05) is 13.6 Å². The number of aliphatic imine (C=N–C) groups is 1. The number of hydrogen-bond donors (Lipinski definition) is 2. The summed E-state index contributed by atoms with van der Waals surface area (Å²) in [6.45, 7) is 4.30. The Hall–Kier alpha value is -2.31. The van der Waals surface area contributed by atoms with E-state index in [0.29, 0.717) is 6.54 Å². The molecule has 0 bridgehead atoms. The third-order valence-corrected chi connectivity index (χ3v) is 2.98. The maximum atomic E-state index is 4.24. The van der Waals surface area contributed by atoms with Crippen LogP contribution in [0, 0.1) is 6.92 Å². The standard InChI is InChI=1S/C13H21N7/c1-11-8-18-20(10-11)7-6-15-13(14-2)16-9-12-4-5-17-19(12)3/h4-5,8,10H,6-7,9H2,1-3H3,(H2,14,15,16). The zero-order chi connectivity index (χ0) is 14.4. The van der Waals surface area contributed by atoms with Crippen molar-refractivity contribution in [2.45, 2.75) is 20.0 Å². The van der Waals surface area contributed by atoms with Crippen molar-refractivity contribution in [1.82, 2.24) is 30.2 Å². The monoisotopic (exact) mass is 275 g/mol. The van der Waals surface area contributed by atoms with Crippen LogP contribution in [0.15, 0.2) is 29.6 Å². The van der Waals surface area contributed by atoms with Crippen LogP contribution >= 0.6 is 0 Å². The van der Waals surface area contributed by atoms with E-state index in [1.165, 1.54) is 5.56 Å². The lowest BCUT2D eigenvalue weighted by molar-refractivity contribution is 0.595. The first-order chi connectivity index (χ1) is 9.69. The zero-order valence-electron chi connectivity index (χ0n) is 12.2. The Labute approximate surface area is 118 Å². The highest BCUT2D eigenvalue weighted by molar-refractivity contribution is 5.79. The minimum absolute atomic E-state index is 0.692. The summed E-state index contributed by atoms with van der Waals surface area (Å²) in [6, 6.07) is 1.98. The molecule has 7 nitrogen and oxygen atoms in total. The van der Waals surface area contributed by atoms with Crippen LogP contribution in [0.4, 0.5) is 0 Å². The van der Waals surface area contributed by atoms with Gasteiger partial charge in [-0.1, -0.05) is 0 Å². The van der Waals surface area contributed by atoms with Gasteiger partial charge in [0, 0.05) is 33.0 Å². The molecule has 7 heteroatoms. The molecule has 0 unspecified atom stereocenters. The minimum atomic E-state index is 0.692. The molecule has 2 aromatic heterocycles. The van der Waals surface area contributed by atoms with Crippen molar-refractivity contribution >= 4 is 5.96 Å². The van der Waals surface area contributed by atoms with E-state index >= 15 is 0 Å². The Bertz CT molecular complexity index is 567. The topological polar surface area (TPSA) is 72.1 Å². The van der Waals surface area contributed by atoms with Gasteiger partial charge in [0.2, 0.25) is 0 Å². The van der Waals surface area contributed by atoms with Crippen molar-refractivity contribution in [2.24, 2.45) is 12.0 Å². The van der Waals surface area contributed by atoms with Gasteiger partial charge in [-0.25, -0.2) is 0 Å². The first-order valence-electron chi connectivity index (χ1n) is 6.59. The van der Waals surface area contributed by atoms with E-state index in [2.05, 4.69) is 25.8 Å². The fraction of sp³-hybridized carbons (Fsp3) is 0.462. The number of aromatic nitrogens is 4. The molecule has 2 rings (SSSR count). The summed E-state index contributed by atoms with van der Waals surface area (Å²) >= 11 is 0. The van der Waals surface area contributed by atoms with E-state index < -0.39 is 0 Å². The van der Waals surface area contributed by atoms with Crippen molar-refractivity contribution in [1.29, 1.82) is 0 Å². The molecule has 108 valence electrons. The molecule has 0 aliphatic carbocycles. The van der Waals surface area contributed by atoms with Crippen LogP contribution in [0.25, 0.3) is 0 Å². The Morgan fingerprint density at radius 3 is 2.80 bits per heavy atom. The van der Waals surface area contributed by atoms with Crippen molar-refractivity contribution in [3.8, 4) is 0 Å². The Morgan fingerprint density at radius 1 is 1.35 bits per heavy atom. The average molecular weight is 275 g/mol. The lowest BCUT2D eigenvalue weighted by Crippen LogP contribution is -2.38. The first kappa shape index (κ1) is 14.1. The molecule has 0 fully saturated rings. The van der Waals surface area contributed by atoms with Gasteiger partial charge in [-0.15, -0.1) is 0 Å². The molecule has 0 aliphatic rings. The quantitative estimate of drug-likeness (QED) is 0.608. The van der Waals surface area contributed by atoms with E-state index in [9.17, 15) is 0 Å². The molecule has 0 aliphatic heterocycles. The Balaban J connectivity index is 1.74. The first-order valence-corrected chi connectivity index (χ1v) is 6.59. The van der Waals surface area contributed by atoms with Crippen molar-refractivity contribution < 1.29 is 0 Å². The van der Waals surface area contributed by atoms with Gasteiger partial charge in [0.25, 0.3) is 0 Å². The molecule has 2 N–H and O–H groups in total. The van der Waals surface area contributed by atoms with Crippen LogP contribution in [-0.2, 0) is 20.1 Å². The molecule has 20 heavy (non-hydrogen) atoms. The molecule has 0 spiro atoms. The van der Waals surface area contributed by atoms with Crippen LogP contribution in [0.3, 0.4) is 0 Å². The minimum Gasteiger partial charge on any atom is -0.355 e. The summed E-state index contributed by atoms with van der Waals surface area (Å²) in [6.07, 6.45) is 5.66. The van der Waals surface area contributed by atoms with Gasteiger partial charge in [-0.05, 0) is 18.6 Å². The molecule has 2 heterocycles. The highest BCUT2D eigenvalue weighted by Crippen LogP contribution is 1.95. The number of nitrogens with zero attached hydrogens (tertiary/aromatic N) is 5. The largest absolute Gasteiger partial charge is 0.355 e. The predicted molar refractivity (Wildman–Crippen MR) is 78.4 cm³/mol. The fourth-order valence-electron chi connectivity index (χ4n) is 1.85.